The second kappa shape index (κ2) is 7.25. The van der Waals surface area contributed by atoms with Gasteiger partial charge in [0.15, 0.2) is 0 Å². The molecule has 0 spiro atoms. The molecule has 0 amide bonds. The average Bonchev–Trinajstić information content (AvgIpc) is 2.57. The number of hydrogen-bond acceptors (Lipinski definition) is 3. The first-order chi connectivity index (χ1) is 11.9. The molecule has 2 aromatic carbocycles. The Kier molecular flexibility index (Phi) is 5.06. The highest BCUT2D eigenvalue weighted by molar-refractivity contribution is 5.50. The Hall–Kier alpha value is -2.37. The Morgan fingerprint density at radius 1 is 0.960 bits per heavy atom. The minimum Gasteiger partial charge on any atom is -0.406 e. The molecule has 0 radical (unpaired) electrons. The summed E-state index contributed by atoms with van der Waals surface area (Å²) in [6.45, 7) is 3.98. The summed E-state index contributed by atoms with van der Waals surface area (Å²) in [4.78, 5) is 2.36. The average molecular weight is 350 g/mol. The number of hydrogen-bond donors (Lipinski definition) is 1. The minimum atomic E-state index is -4.66. The smallest absolute Gasteiger partial charge is 0.406 e. The molecular weight excluding hydrogens is 329 g/mol. The molecule has 1 aliphatic rings. The summed E-state index contributed by atoms with van der Waals surface area (Å²) < 4.78 is 40.4. The van der Waals surface area contributed by atoms with Crippen LogP contribution in [0.3, 0.4) is 0 Å². The van der Waals surface area contributed by atoms with E-state index in [9.17, 15) is 13.2 Å². The Bertz CT molecular complexity index is 675. The topological polar surface area (TPSA) is 24.5 Å². The number of aryl methyl sites for hydroxylation is 1. The van der Waals surface area contributed by atoms with Crippen molar-refractivity contribution in [3.63, 3.8) is 0 Å². The van der Waals surface area contributed by atoms with Crippen molar-refractivity contribution < 1.29 is 17.9 Å². The van der Waals surface area contributed by atoms with Gasteiger partial charge >= 0.3 is 6.36 Å². The largest absolute Gasteiger partial charge is 0.573 e. The van der Waals surface area contributed by atoms with E-state index in [0.29, 0.717) is 6.04 Å². The van der Waals surface area contributed by atoms with Gasteiger partial charge in [0.1, 0.15) is 5.75 Å². The third kappa shape index (κ3) is 5.05. The van der Waals surface area contributed by atoms with E-state index in [2.05, 4.69) is 46.1 Å². The van der Waals surface area contributed by atoms with Crippen LogP contribution in [0.1, 0.15) is 18.4 Å². The minimum absolute atomic E-state index is 0.202. The number of nitrogens with zero attached hydrogens (tertiary/aromatic N) is 1. The van der Waals surface area contributed by atoms with Crippen LogP contribution in [0.2, 0.25) is 0 Å². The van der Waals surface area contributed by atoms with Crippen LogP contribution in [-0.2, 0) is 0 Å². The van der Waals surface area contributed by atoms with Crippen molar-refractivity contribution in [2.45, 2.75) is 32.2 Å². The highest BCUT2D eigenvalue weighted by atomic mass is 19.4. The Morgan fingerprint density at radius 2 is 1.56 bits per heavy atom. The second-order valence-corrected chi connectivity index (χ2v) is 6.31. The highest BCUT2D eigenvalue weighted by Crippen LogP contribution is 2.26. The van der Waals surface area contributed by atoms with Gasteiger partial charge in [-0.3, -0.25) is 0 Å². The molecule has 0 bridgehead atoms. The molecular formula is C19H21F3N2O. The summed E-state index contributed by atoms with van der Waals surface area (Å²) >= 11 is 0. The van der Waals surface area contributed by atoms with Gasteiger partial charge in [0.25, 0.3) is 0 Å². The van der Waals surface area contributed by atoms with Gasteiger partial charge in [0.2, 0.25) is 0 Å². The normalized spacial score (nSPS) is 15.9. The van der Waals surface area contributed by atoms with Gasteiger partial charge in [0, 0.05) is 30.5 Å². The molecule has 0 aromatic heterocycles. The third-order valence-corrected chi connectivity index (χ3v) is 4.35. The zero-order valence-electron chi connectivity index (χ0n) is 14.0. The first-order valence-corrected chi connectivity index (χ1v) is 8.33. The molecule has 2 aromatic rings. The molecule has 0 saturated carbocycles. The van der Waals surface area contributed by atoms with E-state index >= 15 is 0 Å². The summed E-state index contributed by atoms with van der Waals surface area (Å²) in [6.07, 6.45) is -2.69. The Labute approximate surface area is 145 Å². The van der Waals surface area contributed by atoms with E-state index in [1.807, 2.05) is 0 Å². The molecule has 3 nitrogen and oxygen atoms in total. The zero-order valence-corrected chi connectivity index (χ0v) is 14.0. The molecule has 1 heterocycles. The van der Waals surface area contributed by atoms with Crippen LogP contribution in [-0.4, -0.2) is 25.5 Å². The van der Waals surface area contributed by atoms with Crippen LogP contribution in [0.5, 0.6) is 5.75 Å². The SMILES string of the molecule is Cc1ccc(N2CCC(Nc3ccc(OC(F)(F)F)cc3)CC2)cc1. The van der Waals surface area contributed by atoms with Crippen LogP contribution in [0.15, 0.2) is 48.5 Å². The number of nitrogens with one attached hydrogen (secondary N) is 1. The number of ether oxygens (including phenoxy) is 1. The lowest BCUT2D eigenvalue weighted by molar-refractivity contribution is -0.274. The van der Waals surface area contributed by atoms with Crippen LogP contribution in [0.4, 0.5) is 24.5 Å². The molecule has 1 N–H and O–H groups in total. The van der Waals surface area contributed by atoms with Crippen LogP contribution >= 0.6 is 0 Å². The van der Waals surface area contributed by atoms with Crippen LogP contribution in [0, 0.1) is 6.92 Å². The summed E-state index contributed by atoms with van der Waals surface area (Å²) in [5.41, 5.74) is 3.29. The number of alkyl halides is 3. The Balaban J connectivity index is 1.51. The lowest BCUT2D eigenvalue weighted by Gasteiger charge is -2.34. The van der Waals surface area contributed by atoms with E-state index in [4.69, 9.17) is 0 Å². The van der Waals surface area contributed by atoms with Crippen molar-refractivity contribution in [1.82, 2.24) is 0 Å². The molecule has 25 heavy (non-hydrogen) atoms. The molecule has 0 aliphatic carbocycles. The lowest BCUT2D eigenvalue weighted by atomic mass is 10.0. The van der Waals surface area contributed by atoms with Gasteiger partial charge in [-0.05, 0) is 56.2 Å². The molecule has 3 rings (SSSR count). The van der Waals surface area contributed by atoms with Gasteiger partial charge in [0.05, 0.1) is 0 Å². The maximum Gasteiger partial charge on any atom is 0.573 e. The maximum absolute atomic E-state index is 12.2. The fourth-order valence-electron chi connectivity index (χ4n) is 3.03. The van der Waals surface area contributed by atoms with E-state index in [1.165, 1.54) is 23.4 Å². The standard InChI is InChI=1S/C19H21F3N2O/c1-14-2-6-17(7-3-14)24-12-10-16(11-13-24)23-15-4-8-18(9-5-15)25-19(20,21)22/h2-9,16,23H,10-13H2,1H3. The quantitative estimate of drug-likeness (QED) is 0.842. The summed E-state index contributed by atoms with van der Waals surface area (Å²) in [5, 5.41) is 3.39. The second-order valence-electron chi connectivity index (χ2n) is 6.31. The van der Waals surface area contributed by atoms with E-state index < -0.39 is 6.36 Å². The number of halogens is 3. The van der Waals surface area contributed by atoms with Gasteiger partial charge in [-0.1, -0.05) is 17.7 Å². The first-order valence-electron chi connectivity index (χ1n) is 8.33. The summed E-state index contributed by atoms with van der Waals surface area (Å²) in [7, 11) is 0. The zero-order chi connectivity index (χ0) is 17.9. The van der Waals surface area contributed by atoms with E-state index in [-0.39, 0.29) is 5.75 Å². The fourth-order valence-corrected chi connectivity index (χ4v) is 3.03. The van der Waals surface area contributed by atoms with Crippen molar-refractivity contribution in [3.8, 4) is 5.75 Å². The first kappa shape index (κ1) is 17.5. The predicted octanol–water partition coefficient (Wildman–Crippen LogP) is 4.97. The molecule has 0 atom stereocenters. The summed E-state index contributed by atoms with van der Waals surface area (Å²) in [5.74, 6) is -0.202. The molecule has 134 valence electrons. The van der Waals surface area contributed by atoms with Crippen molar-refractivity contribution in [2.75, 3.05) is 23.3 Å². The fraction of sp³-hybridized carbons (Fsp3) is 0.368. The summed E-state index contributed by atoms with van der Waals surface area (Å²) in [6, 6.07) is 14.7. The number of anilines is 2. The van der Waals surface area contributed by atoms with Crippen LogP contribution in [0.25, 0.3) is 0 Å². The van der Waals surface area contributed by atoms with Crippen molar-refractivity contribution >= 4 is 11.4 Å². The molecule has 1 fully saturated rings. The van der Waals surface area contributed by atoms with Crippen molar-refractivity contribution in [3.05, 3.63) is 54.1 Å². The predicted molar refractivity (Wildman–Crippen MR) is 93.2 cm³/mol. The molecule has 0 unspecified atom stereocenters. The van der Waals surface area contributed by atoms with Gasteiger partial charge in [-0.2, -0.15) is 0 Å². The lowest BCUT2D eigenvalue weighted by Crippen LogP contribution is -2.39. The highest BCUT2D eigenvalue weighted by Gasteiger charge is 2.31. The van der Waals surface area contributed by atoms with Gasteiger partial charge in [-0.25, -0.2) is 0 Å². The molecule has 1 aliphatic heterocycles. The van der Waals surface area contributed by atoms with Crippen molar-refractivity contribution in [1.29, 1.82) is 0 Å². The van der Waals surface area contributed by atoms with Crippen molar-refractivity contribution in [2.24, 2.45) is 0 Å². The number of benzene rings is 2. The monoisotopic (exact) mass is 350 g/mol. The van der Waals surface area contributed by atoms with Crippen LogP contribution < -0.4 is 15.0 Å². The van der Waals surface area contributed by atoms with E-state index in [1.54, 1.807) is 12.1 Å². The third-order valence-electron chi connectivity index (χ3n) is 4.35. The number of piperidine rings is 1. The number of rotatable bonds is 4. The van der Waals surface area contributed by atoms with Gasteiger partial charge < -0.3 is 15.0 Å². The van der Waals surface area contributed by atoms with E-state index in [0.717, 1.165) is 31.6 Å². The maximum atomic E-state index is 12.2. The van der Waals surface area contributed by atoms with Gasteiger partial charge in [-0.15, -0.1) is 13.2 Å². The molecule has 6 heteroatoms. The molecule has 1 saturated heterocycles. The Morgan fingerprint density at radius 3 is 2.12 bits per heavy atom.